The van der Waals surface area contributed by atoms with Gasteiger partial charge in [-0.1, -0.05) is 24.8 Å². The van der Waals surface area contributed by atoms with E-state index in [1.807, 2.05) is 41.3 Å². The van der Waals surface area contributed by atoms with Gasteiger partial charge in [0.1, 0.15) is 11.9 Å². The average Bonchev–Trinajstić information content (AvgIpc) is 2.97. The van der Waals surface area contributed by atoms with E-state index in [2.05, 4.69) is 11.9 Å². The van der Waals surface area contributed by atoms with Gasteiger partial charge in [0.2, 0.25) is 5.91 Å². The number of halogens is 1. The van der Waals surface area contributed by atoms with Crippen molar-refractivity contribution >= 4 is 23.9 Å². The number of allylic oxidation sites excluding steroid dienone is 2. The number of nitriles is 1. The Morgan fingerprint density at radius 1 is 1.18 bits per heavy atom. The van der Waals surface area contributed by atoms with E-state index in [0.717, 1.165) is 40.1 Å². The van der Waals surface area contributed by atoms with Crippen LogP contribution in [0.2, 0.25) is 0 Å². The Hall–Kier alpha value is -4.51. The molecule has 7 nitrogen and oxygen atoms in total. The summed E-state index contributed by atoms with van der Waals surface area (Å²) in [6.07, 6.45) is 10.9. The Labute approximate surface area is 228 Å². The van der Waals surface area contributed by atoms with E-state index in [1.165, 1.54) is 6.07 Å². The van der Waals surface area contributed by atoms with Gasteiger partial charge >= 0.3 is 0 Å². The summed E-state index contributed by atoms with van der Waals surface area (Å²) in [5.41, 5.74) is 8.39. The number of piperidine rings is 1. The molecule has 4 rings (SSSR count). The zero-order valence-electron chi connectivity index (χ0n) is 22.2. The summed E-state index contributed by atoms with van der Waals surface area (Å²) in [4.78, 5) is 15.1. The number of benzene rings is 2. The van der Waals surface area contributed by atoms with Crippen LogP contribution in [0.5, 0.6) is 0 Å². The second kappa shape index (κ2) is 12.4. The largest absolute Gasteiger partial charge is 0.493 e. The number of anilines is 1. The van der Waals surface area contributed by atoms with E-state index in [-0.39, 0.29) is 23.4 Å². The third-order valence-electron chi connectivity index (χ3n) is 7.17. The maximum atomic E-state index is 13.9. The second-order valence-corrected chi connectivity index (χ2v) is 9.50. The lowest BCUT2D eigenvalue weighted by atomic mass is 9.95. The van der Waals surface area contributed by atoms with Crippen molar-refractivity contribution in [2.24, 2.45) is 11.7 Å². The fraction of sp³-hybridized carbons (Fsp3) is 0.290. The Balaban J connectivity index is 1.53. The average molecular weight is 529 g/mol. The molecule has 1 saturated heterocycles. The van der Waals surface area contributed by atoms with Crippen molar-refractivity contribution in [1.82, 2.24) is 4.90 Å². The molecule has 1 aliphatic heterocycles. The molecule has 202 valence electrons. The van der Waals surface area contributed by atoms with Gasteiger partial charge in [-0.25, -0.2) is 4.39 Å². The summed E-state index contributed by atoms with van der Waals surface area (Å²) in [6.45, 7) is 5.07. The zero-order chi connectivity index (χ0) is 27.9. The molecule has 1 fully saturated rings. The molecule has 0 radical (unpaired) electrons. The SMILES string of the molecule is C=C/C=c1/cc(-c2ccc(F)c(C#N)c2)cc(NC2CCN(C(=O)C3C=C(OC)C(OC)=CC3)CC2)/c1=C/N. The van der Waals surface area contributed by atoms with Crippen molar-refractivity contribution in [3.05, 3.63) is 88.5 Å². The highest BCUT2D eigenvalue weighted by Crippen LogP contribution is 2.27. The van der Waals surface area contributed by atoms with Crippen LogP contribution in [0.3, 0.4) is 0 Å². The topological polar surface area (TPSA) is 101 Å². The standard InChI is InChI=1S/C31H33FN4O3/c1-4-5-21-15-23(20-6-8-27(32)24(14-20)18-33)16-28(26(21)19-34)35-25-10-12-36(13-11-25)31(37)22-7-9-29(38-2)30(17-22)39-3/h4-6,8-9,14-17,19,22,25,35H,1,7,10-13,34H2,2-3H3/b21-5-,26-19+. The molecule has 1 heterocycles. The molecule has 0 spiro atoms. The molecule has 0 aromatic heterocycles. The molecule has 1 amide bonds. The quantitative estimate of drug-likeness (QED) is 0.571. The van der Waals surface area contributed by atoms with E-state index in [4.69, 9.17) is 15.2 Å². The molecule has 2 aliphatic rings. The summed E-state index contributed by atoms with van der Waals surface area (Å²) in [6, 6.07) is 10.4. The molecule has 1 aliphatic carbocycles. The van der Waals surface area contributed by atoms with Crippen LogP contribution in [0, 0.1) is 23.1 Å². The van der Waals surface area contributed by atoms with Crippen LogP contribution < -0.4 is 21.5 Å². The van der Waals surface area contributed by atoms with Crippen molar-refractivity contribution < 1.29 is 18.7 Å². The minimum absolute atomic E-state index is 0.0119. The number of ether oxygens (including phenoxy) is 2. The molecular formula is C31H33FN4O3. The van der Waals surface area contributed by atoms with Crippen LogP contribution >= 0.6 is 0 Å². The predicted octanol–water partition coefficient (Wildman–Crippen LogP) is 3.51. The van der Waals surface area contributed by atoms with Gasteiger partial charge in [0.25, 0.3) is 0 Å². The number of rotatable bonds is 7. The van der Waals surface area contributed by atoms with Crippen molar-refractivity contribution in [3.63, 3.8) is 0 Å². The molecule has 1 unspecified atom stereocenters. The lowest BCUT2D eigenvalue weighted by Gasteiger charge is -2.35. The van der Waals surface area contributed by atoms with Gasteiger partial charge in [-0.3, -0.25) is 4.79 Å². The number of nitrogens with two attached hydrogens (primary N) is 1. The number of hydrogen-bond donors (Lipinski definition) is 2. The number of nitrogens with one attached hydrogen (secondary N) is 1. The first-order chi connectivity index (χ1) is 18.9. The van der Waals surface area contributed by atoms with Crippen molar-refractivity contribution in [1.29, 1.82) is 5.26 Å². The van der Waals surface area contributed by atoms with Gasteiger partial charge in [0, 0.05) is 36.2 Å². The molecule has 0 saturated carbocycles. The van der Waals surface area contributed by atoms with Crippen LogP contribution in [0.25, 0.3) is 23.4 Å². The fourth-order valence-corrected chi connectivity index (χ4v) is 5.09. The molecule has 3 N–H and O–H groups in total. The Kier molecular flexibility index (Phi) is 8.72. The number of carbonyl (C=O) groups excluding carboxylic acids is 1. The molecular weight excluding hydrogens is 495 g/mol. The van der Waals surface area contributed by atoms with Gasteiger partial charge in [0.15, 0.2) is 11.5 Å². The summed E-state index contributed by atoms with van der Waals surface area (Å²) < 4.78 is 24.7. The van der Waals surface area contributed by atoms with Crippen molar-refractivity contribution in [2.45, 2.75) is 25.3 Å². The van der Waals surface area contributed by atoms with Crippen LogP contribution in [-0.4, -0.2) is 44.2 Å². The summed E-state index contributed by atoms with van der Waals surface area (Å²) in [7, 11) is 3.16. The van der Waals surface area contributed by atoms with Crippen LogP contribution in [0.15, 0.2) is 66.7 Å². The number of amides is 1. The number of methoxy groups -OCH3 is 2. The first-order valence-corrected chi connectivity index (χ1v) is 12.9. The first kappa shape index (κ1) is 27.5. The smallest absolute Gasteiger partial charge is 0.229 e. The Bertz CT molecular complexity index is 1480. The molecule has 8 heteroatoms. The van der Waals surface area contributed by atoms with E-state index < -0.39 is 5.82 Å². The number of nitrogens with zero attached hydrogens (tertiary/aromatic N) is 2. The highest BCUT2D eigenvalue weighted by Gasteiger charge is 2.30. The molecule has 39 heavy (non-hydrogen) atoms. The van der Waals surface area contributed by atoms with Crippen LogP contribution in [0.4, 0.5) is 10.1 Å². The third kappa shape index (κ3) is 5.99. The highest BCUT2D eigenvalue weighted by atomic mass is 19.1. The van der Waals surface area contributed by atoms with Gasteiger partial charge < -0.3 is 25.4 Å². The molecule has 0 bridgehead atoms. The maximum absolute atomic E-state index is 13.9. The van der Waals surface area contributed by atoms with Gasteiger partial charge in [-0.05, 0) is 72.0 Å². The van der Waals surface area contributed by atoms with Crippen LogP contribution in [0.1, 0.15) is 24.8 Å². The lowest BCUT2D eigenvalue weighted by molar-refractivity contribution is -0.135. The van der Waals surface area contributed by atoms with E-state index >= 15 is 0 Å². The fourth-order valence-electron chi connectivity index (χ4n) is 5.09. The van der Waals surface area contributed by atoms with E-state index in [0.29, 0.717) is 31.0 Å². The monoisotopic (exact) mass is 528 g/mol. The van der Waals surface area contributed by atoms with Gasteiger partial charge in [-0.2, -0.15) is 5.26 Å². The highest BCUT2D eigenvalue weighted by molar-refractivity contribution is 5.81. The number of carbonyl (C=O) groups is 1. The zero-order valence-corrected chi connectivity index (χ0v) is 22.2. The van der Waals surface area contributed by atoms with E-state index in [9.17, 15) is 14.4 Å². The molecule has 1 atom stereocenters. The van der Waals surface area contributed by atoms with Gasteiger partial charge in [-0.15, -0.1) is 0 Å². The minimum atomic E-state index is -0.553. The maximum Gasteiger partial charge on any atom is 0.229 e. The summed E-state index contributed by atoms with van der Waals surface area (Å²) in [5, 5.41) is 14.6. The first-order valence-electron chi connectivity index (χ1n) is 12.9. The second-order valence-electron chi connectivity index (χ2n) is 9.50. The molecule has 2 aromatic rings. The Morgan fingerprint density at radius 3 is 2.56 bits per heavy atom. The van der Waals surface area contributed by atoms with E-state index in [1.54, 1.807) is 38.6 Å². The molecule has 2 aromatic carbocycles. The van der Waals surface area contributed by atoms with Crippen LogP contribution in [-0.2, 0) is 14.3 Å². The third-order valence-corrected chi connectivity index (χ3v) is 7.17. The van der Waals surface area contributed by atoms with Crippen molar-refractivity contribution in [2.75, 3.05) is 32.6 Å². The Morgan fingerprint density at radius 2 is 1.92 bits per heavy atom. The summed E-state index contributed by atoms with van der Waals surface area (Å²) >= 11 is 0. The number of hydrogen-bond acceptors (Lipinski definition) is 6. The number of likely N-dealkylation sites (tertiary alicyclic amines) is 1. The predicted molar refractivity (Wildman–Crippen MR) is 151 cm³/mol. The lowest BCUT2D eigenvalue weighted by Crippen LogP contribution is -2.45. The normalized spacial score (nSPS) is 18.6. The van der Waals surface area contributed by atoms with Gasteiger partial charge in [0.05, 0.1) is 25.7 Å². The minimum Gasteiger partial charge on any atom is -0.493 e. The van der Waals surface area contributed by atoms with Crippen molar-refractivity contribution in [3.8, 4) is 17.2 Å². The summed E-state index contributed by atoms with van der Waals surface area (Å²) in [5.74, 6) is 0.489.